The number of ether oxygens (including phenoxy) is 2. The van der Waals surface area contributed by atoms with Crippen LogP contribution in [0.4, 0.5) is 0 Å². The molecule has 0 radical (unpaired) electrons. The second-order valence-electron chi connectivity index (χ2n) is 6.70. The number of hydrogen-bond acceptors (Lipinski definition) is 5. The Labute approximate surface area is 158 Å². The van der Waals surface area contributed by atoms with Crippen molar-refractivity contribution in [1.82, 2.24) is 14.9 Å². The van der Waals surface area contributed by atoms with Crippen molar-refractivity contribution in [3.63, 3.8) is 0 Å². The summed E-state index contributed by atoms with van der Waals surface area (Å²) in [5.41, 5.74) is 0.750. The Bertz CT molecular complexity index is 826. The van der Waals surface area contributed by atoms with E-state index < -0.39 is 5.56 Å². The third-order valence-electron chi connectivity index (χ3n) is 4.72. The molecule has 1 aromatic carbocycles. The summed E-state index contributed by atoms with van der Waals surface area (Å²) < 4.78 is 10.9. The molecule has 2 aromatic rings. The molecule has 1 atom stereocenters. The van der Waals surface area contributed by atoms with Gasteiger partial charge in [-0.25, -0.2) is 4.98 Å². The topological polar surface area (TPSA) is 84.5 Å². The summed E-state index contributed by atoms with van der Waals surface area (Å²) in [7, 11) is 1.63. The molecule has 1 amide bonds. The molecule has 7 heteroatoms. The Morgan fingerprint density at radius 3 is 2.78 bits per heavy atom. The maximum absolute atomic E-state index is 13.0. The predicted octanol–water partition coefficient (Wildman–Crippen LogP) is 1.95. The van der Waals surface area contributed by atoms with Gasteiger partial charge in [0.15, 0.2) is 0 Å². The van der Waals surface area contributed by atoms with Gasteiger partial charge in [-0.15, -0.1) is 0 Å². The van der Waals surface area contributed by atoms with E-state index >= 15 is 0 Å². The van der Waals surface area contributed by atoms with Crippen LogP contribution in [0.5, 0.6) is 5.75 Å². The van der Waals surface area contributed by atoms with Crippen LogP contribution < -0.4 is 10.3 Å². The van der Waals surface area contributed by atoms with E-state index in [2.05, 4.69) is 9.97 Å². The monoisotopic (exact) mass is 371 g/mol. The van der Waals surface area contributed by atoms with Crippen molar-refractivity contribution >= 4 is 5.91 Å². The van der Waals surface area contributed by atoms with Crippen LogP contribution in [0.25, 0.3) is 0 Å². The molecule has 1 saturated heterocycles. The van der Waals surface area contributed by atoms with Gasteiger partial charge in [0.2, 0.25) is 0 Å². The van der Waals surface area contributed by atoms with Crippen LogP contribution in [0, 0.1) is 6.92 Å². The fourth-order valence-electron chi connectivity index (χ4n) is 3.17. The number of rotatable bonds is 7. The number of carbonyl (C=O) groups is 1. The number of aryl methyl sites for hydroxylation is 1. The zero-order chi connectivity index (χ0) is 19.2. The second kappa shape index (κ2) is 8.81. The van der Waals surface area contributed by atoms with E-state index in [9.17, 15) is 9.59 Å². The lowest BCUT2D eigenvalue weighted by Crippen LogP contribution is -2.41. The summed E-state index contributed by atoms with van der Waals surface area (Å²) in [4.78, 5) is 33.5. The number of carbonyl (C=O) groups excluding carboxylic acids is 1. The molecule has 1 aliphatic heterocycles. The van der Waals surface area contributed by atoms with Gasteiger partial charge in [-0.2, -0.15) is 0 Å². The van der Waals surface area contributed by atoms with Crippen molar-refractivity contribution in [1.29, 1.82) is 0 Å². The molecular formula is C20H25N3O4. The van der Waals surface area contributed by atoms with Gasteiger partial charge in [-0.1, -0.05) is 12.1 Å². The van der Waals surface area contributed by atoms with E-state index in [4.69, 9.17) is 9.47 Å². The van der Waals surface area contributed by atoms with E-state index in [-0.39, 0.29) is 17.6 Å². The van der Waals surface area contributed by atoms with E-state index in [1.165, 1.54) is 6.20 Å². The number of nitrogens with one attached hydrogen (secondary N) is 1. The number of methoxy groups -OCH3 is 1. The van der Waals surface area contributed by atoms with E-state index in [1.54, 1.807) is 18.9 Å². The normalized spacial score (nSPS) is 16.3. The van der Waals surface area contributed by atoms with Gasteiger partial charge in [-0.3, -0.25) is 9.59 Å². The van der Waals surface area contributed by atoms with Crippen LogP contribution in [0.15, 0.2) is 35.3 Å². The minimum atomic E-state index is -0.408. The summed E-state index contributed by atoms with van der Waals surface area (Å²) in [5.74, 6) is 0.969. The Balaban J connectivity index is 1.74. The highest BCUT2D eigenvalue weighted by Crippen LogP contribution is 2.16. The Morgan fingerprint density at radius 2 is 2.15 bits per heavy atom. The van der Waals surface area contributed by atoms with Crippen molar-refractivity contribution in [3.05, 3.63) is 57.8 Å². The average Bonchev–Trinajstić information content (AvgIpc) is 3.18. The van der Waals surface area contributed by atoms with Crippen molar-refractivity contribution in [2.45, 2.75) is 32.3 Å². The van der Waals surface area contributed by atoms with Crippen LogP contribution >= 0.6 is 0 Å². The van der Waals surface area contributed by atoms with Gasteiger partial charge in [0.1, 0.15) is 17.1 Å². The molecule has 2 heterocycles. The third kappa shape index (κ3) is 4.95. The van der Waals surface area contributed by atoms with Gasteiger partial charge in [0, 0.05) is 25.9 Å². The minimum Gasteiger partial charge on any atom is -0.497 e. The lowest BCUT2D eigenvalue weighted by Gasteiger charge is -2.25. The number of aromatic amines is 1. The van der Waals surface area contributed by atoms with Crippen LogP contribution in [-0.2, 0) is 11.2 Å². The fraction of sp³-hybridized carbons (Fsp3) is 0.450. The van der Waals surface area contributed by atoms with Gasteiger partial charge in [0.25, 0.3) is 11.5 Å². The average molecular weight is 371 g/mol. The molecule has 0 spiro atoms. The molecule has 27 heavy (non-hydrogen) atoms. The van der Waals surface area contributed by atoms with E-state index in [0.29, 0.717) is 25.3 Å². The first-order chi connectivity index (χ1) is 13.1. The Hall–Kier alpha value is -2.67. The smallest absolute Gasteiger partial charge is 0.263 e. The molecule has 0 bridgehead atoms. The maximum atomic E-state index is 13.0. The van der Waals surface area contributed by atoms with Crippen LogP contribution in [0.1, 0.15) is 34.6 Å². The molecule has 1 fully saturated rings. The number of amides is 1. The molecule has 144 valence electrons. The number of H-pyrrole nitrogens is 1. The summed E-state index contributed by atoms with van der Waals surface area (Å²) in [6, 6.07) is 7.76. The molecule has 1 aromatic heterocycles. The minimum absolute atomic E-state index is 0.0160. The maximum Gasteiger partial charge on any atom is 0.263 e. The van der Waals surface area contributed by atoms with Crippen molar-refractivity contribution in [3.8, 4) is 5.75 Å². The highest BCUT2D eigenvalue weighted by molar-refractivity contribution is 5.93. The van der Waals surface area contributed by atoms with Crippen molar-refractivity contribution in [2.75, 3.05) is 26.8 Å². The highest BCUT2D eigenvalue weighted by Gasteiger charge is 2.25. The van der Waals surface area contributed by atoms with Gasteiger partial charge in [0.05, 0.1) is 13.2 Å². The zero-order valence-electron chi connectivity index (χ0n) is 15.7. The van der Waals surface area contributed by atoms with Gasteiger partial charge < -0.3 is 19.4 Å². The third-order valence-corrected chi connectivity index (χ3v) is 4.72. The molecule has 0 aliphatic carbocycles. The molecule has 7 nitrogen and oxygen atoms in total. The molecule has 1 N–H and O–H groups in total. The summed E-state index contributed by atoms with van der Waals surface area (Å²) in [6.45, 7) is 3.38. The fourth-order valence-corrected chi connectivity index (χ4v) is 3.17. The summed E-state index contributed by atoms with van der Waals surface area (Å²) in [6.07, 6.45) is 3.97. The first-order valence-corrected chi connectivity index (χ1v) is 9.16. The van der Waals surface area contributed by atoms with Crippen LogP contribution in [0.2, 0.25) is 0 Å². The molecular weight excluding hydrogens is 346 g/mol. The largest absolute Gasteiger partial charge is 0.497 e. The number of nitrogens with zero attached hydrogens (tertiary/aromatic N) is 2. The van der Waals surface area contributed by atoms with Gasteiger partial charge >= 0.3 is 0 Å². The highest BCUT2D eigenvalue weighted by atomic mass is 16.5. The van der Waals surface area contributed by atoms with Crippen LogP contribution in [-0.4, -0.2) is 53.7 Å². The van der Waals surface area contributed by atoms with Gasteiger partial charge in [-0.05, 0) is 43.9 Å². The number of aromatic nitrogens is 2. The van der Waals surface area contributed by atoms with Crippen molar-refractivity contribution in [2.24, 2.45) is 0 Å². The van der Waals surface area contributed by atoms with E-state index in [1.807, 2.05) is 24.3 Å². The lowest BCUT2D eigenvalue weighted by molar-refractivity contribution is 0.0527. The molecule has 1 aliphatic rings. The quantitative estimate of drug-likeness (QED) is 0.804. The molecule has 0 unspecified atom stereocenters. The summed E-state index contributed by atoms with van der Waals surface area (Å²) >= 11 is 0. The predicted molar refractivity (Wildman–Crippen MR) is 101 cm³/mol. The summed E-state index contributed by atoms with van der Waals surface area (Å²) in [5, 5.41) is 0. The molecule has 0 saturated carbocycles. The Morgan fingerprint density at radius 1 is 1.37 bits per heavy atom. The van der Waals surface area contributed by atoms with E-state index in [0.717, 1.165) is 30.8 Å². The first-order valence-electron chi connectivity index (χ1n) is 9.16. The number of hydrogen-bond donors (Lipinski definition) is 1. The van der Waals surface area contributed by atoms with Crippen molar-refractivity contribution < 1.29 is 14.3 Å². The lowest BCUT2D eigenvalue weighted by atomic mass is 10.1. The van der Waals surface area contributed by atoms with Crippen LogP contribution in [0.3, 0.4) is 0 Å². The SMILES string of the molecule is COc1ccc(CCN(C[C@@H]2CCCO2)C(=O)c2cnc(C)[nH]c2=O)cc1. The number of benzene rings is 1. The second-order valence-corrected chi connectivity index (χ2v) is 6.70. The Kier molecular flexibility index (Phi) is 6.24. The first kappa shape index (κ1) is 19.1. The standard InChI is InChI=1S/C20H25N3O4/c1-14-21-12-18(19(24)22-14)20(25)23(13-17-4-3-11-27-17)10-9-15-5-7-16(26-2)8-6-15/h5-8,12,17H,3-4,9-11,13H2,1-2H3,(H,21,22,24)/t17-/m0/s1. The zero-order valence-corrected chi connectivity index (χ0v) is 15.7. The molecule has 3 rings (SSSR count).